The standard InChI is InChI=1S/C13H15BrN4/c1-18(9-10-3-2-4-12(14)7-10)13-11(8-15)5-6-16-17-13/h2-7H,8-9,15H2,1H3. The number of halogens is 1. The quantitative estimate of drug-likeness (QED) is 0.942. The van der Waals surface area contributed by atoms with Gasteiger partial charge in [0.2, 0.25) is 0 Å². The molecule has 0 unspecified atom stereocenters. The number of nitrogens with two attached hydrogens (primary N) is 1. The molecule has 0 aliphatic rings. The van der Waals surface area contributed by atoms with E-state index in [0.29, 0.717) is 6.54 Å². The lowest BCUT2D eigenvalue weighted by Gasteiger charge is -2.20. The number of hydrogen-bond donors (Lipinski definition) is 1. The summed E-state index contributed by atoms with van der Waals surface area (Å²) in [5.74, 6) is 0.833. The smallest absolute Gasteiger partial charge is 0.155 e. The Bertz CT molecular complexity index is 530. The minimum absolute atomic E-state index is 0.466. The molecule has 2 N–H and O–H groups in total. The van der Waals surface area contributed by atoms with Crippen LogP contribution >= 0.6 is 15.9 Å². The molecule has 4 nitrogen and oxygen atoms in total. The summed E-state index contributed by atoms with van der Waals surface area (Å²) in [6.45, 7) is 1.23. The van der Waals surface area contributed by atoms with Crippen LogP contribution in [-0.4, -0.2) is 17.2 Å². The third kappa shape index (κ3) is 3.05. The molecular formula is C13H15BrN4. The van der Waals surface area contributed by atoms with E-state index in [2.05, 4.69) is 43.2 Å². The van der Waals surface area contributed by atoms with Crippen LogP contribution < -0.4 is 10.6 Å². The Labute approximate surface area is 115 Å². The van der Waals surface area contributed by atoms with Crippen molar-refractivity contribution in [2.75, 3.05) is 11.9 Å². The molecule has 0 saturated carbocycles. The van der Waals surface area contributed by atoms with Crippen molar-refractivity contribution in [1.29, 1.82) is 0 Å². The molecule has 1 heterocycles. The van der Waals surface area contributed by atoms with Gasteiger partial charge in [-0.2, -0.15) is 5.10 Å². The van der Waals surface area contributed by atoms with E-state index in [1.807, 2.05) is 25.2 Å². The van der Waals surface area contributed by atoms with Crippen LogP contribution in [0.1, 0.15) is 11.1 Å². The average Bonchev–Trinajstić information content (AvgIpc) is 2.38. The van der Waals surface area contributed by atoms with Crippen molar-refractivity contribution in [2.24, 2.45) is 5.73 Å². The Kier molecular flexibility index (Phi) is 4.28. The van der Waals surface area contributed by atoms with Crippen LogP contribution in [0.4, 0.5) is 5.82 Å². The molecule has 2 aromatic rings. The first-order valence-electron chi connectivity index (χ1n) is 5.67. The zero-order chi connectivity index (χ0) is 13.0. The van der Waals surface area contributed by atoms with Gasteiger partial charge in [0.15, 0.2) is 5.82 Å². The van der Waals surface area contributed by atoms with Crippen molar-refractivity contribution in [3.63, 3.8) is 0 Å². The molecule has 0 atom stereocenters. The number of aromatic nitrogens is 2. The second-order valence-electron chi connectivity index (χ2n) is 4.07. The second-order valence-corrected chi connectivity index (χ2v) is 4.99. The third-order valence-corrected chi connectivity index (χ3v) is 3.17. The highest BCUT2D eigenvalue weighted by Crippen LogP contribution is 2.18. The van der Waals surface area contributed by atoms with Crippen LogP contribution in [0.5, 0.6) is 0 Å². The van der Waals surface area contributed by atoms with Crippen LogP contribution in [0, 0.1) is 0 Å². The van der Waals surface area contributed by atoms with E-state index >= 15 is 0 Å². The number of hydrogen-bond acceptors (Lipinski definition) is 4. The first-order valence-corrected chi connectivity index (χ1v) is 6.46. The zero-order valence-corrected chi connectivity index (χ0v) is 11.8. The number of nitrogens with zero attached hydrogens (tertiary/aromatic N) is 3. The van der Waals surface area contributed by atoms with Gasteiger partial charge in [0.05, 0.1) is 6.20 Å². The van der Waals surface area contributed by atoms with Crippen molar-refractivity contribution in [3.8, 4) is 0 Å². The highest BCUT2D eigenvalue weighted by Gasteiger charge is 2.08. The first-order chi connectivity index (χ1) is 8.70. The lowest BCUT2D eigenvalue weighted by atomic mass is 10.2. The SMILES string of the molecule is CN(Cc1cccc(Br)c1)c1nnccc1CN. The normalized spacial score (nSPS) is 10.4. The van der Waals surface area contributed by atoms with Gasteiger partial charge in [-0.05, 0) is 23.8 Å². The van der Waals surface area contributed by atoms with Gasteiger partial charge in [-0.1, -0.05) is 28.1 Å². The Balaban J connectivity index is 2.19. The van der Waals surface area contributed by atoms with Crippen LogP contribution in [0.2, 0.25) is 0 Å². The molecule has 2 rings (SSSR count). The largest absolute Gasteiger partial charge is 0.354 e. The molecule has 0 bridgehead atoms. The Morgan fingerprint density at radius 1 is 1.33 bits per heavy atom. The Morgan fingerprint density at radius 3 is 2.89 bits per heavy atom. The predicted molar refractivity (Wildman–Crippen MR) is 76.2 cm³/mol. The fraction of sp³-hybridized carbons (Fsp3) is 0.231. The second kappa shape index (κ2) is 5.93. The monoisotopic (exact) mass is 306 g/mol. The van der Waals surface area contributed by atoms with Gasteiger partial charge < -0.3 is 10.6 Å². The van der Waals surface area contributed by atoms with Gasteiger partial charge in [-0.3, -0.25) is 0 Å². The maximum Gasteiger partial charge on any atom is 0.155 e. The van der Waals surface area contributed by atoms with Crippen molar-refractivity contribution in [1.82, 2.24) is 10.2 Å². The summed E-state index contributed by atoms with van der Waals surface area (Å²) in [6, 6.07) is 10.1. The summed E-state index contributed by atoms with van der Waals surface area (Å²) >= 11 is 3.47. The van der Waals surface area contributed by atoms with Gasteiger partial charge in [-0.15, -0.1) is 5.10 Å². The van der Waals surface area contributed by atoms with E-state index in [9.17, 15) is 0 Å². The van der Waals surface area contributed by atoms with E-state index < -0.39 is 0 Å². The summed E-state index contributed by atoms with van der Waals surface area (Å²) in [6.07, 6.45) is 1.67. The van der Waals surface area contributed by atoms with E-state index in [4.69, 9.17) is 5.73 Å². The van der Waals surface area contributed by atoms with Crippen LogP contribution in [-0.2, 0) is 13.1 Å². The summed E-state index contributed by atoms with van der Waals surface area (Å²) in [7, 11) is 1.99. The van der Waals surface area contributed by atoms with Gasteiger partial charge in [-0.25, -0.2) is 0 Å². The van der Waals surface area contributed by atoms with E-state index in [1.165, 1.54) is 5.56 Å². The maximum atomic E-state index is 5.70. The van der Waals surface area contributed by atoms with Gasteiger partial charge in [0, 0.05) is 30.2 Å². The van der Waals surface area contributed by atoms with Gasteiger partial charge in [0.1, 0.15) is 0 Å². The predicted octanol–water partition coefficient (Wildman–Crippen LogP) is 2.33. The fourth-order valence-corrected chi connectivity index (χ4v) is 2.26. The Hall–Kier alpha value is -1.46. The fourth-order valence-electron chi connectivity index (χ4n) is 1.81. The number of rotatable bonds is 4. The minimum Gasteiger partial charge on any atom is -0.354 e. The molecule has 0 radical (unpaired) electrons. The summed E-state index contributed by atoms with van der Waals surface area (Å²) < 4.78 is 1.08. The zero-order valence-electron chi connectivity index (χ0n) is 10.2. The molecule has 0 spiro atoms. The molecule has 0 aliphatic carbocycles. The molecule has 5 heteroatoms. The molecule has 1 aromatic heterocycles. The molecule has 0 fully saturated rings. The van der Waals surface area contributed by atoms with Crippen molar-refractivity contribution in [2.45, 2.75) is 13.1 Å². The molecule has 1 aromatic carbocycles. The number of anilines is 1. The van der Waals surface area contributed by atoms with Gasteiger partial charge in [0.25, 0.3) is 0 Å². The van der Waals surface area contributed by atoms with Gasteiger partial charge >= 0.3 is 0 Å². The third-order valence-electron chi connectivity index (χ3n) is 2.67. The van der Waals surface area contributed by atoms with Crippen molar-refractivity contribution < 1.29 is 0 Å². The average molecular weight is 307 g/mol. The van der Waals surface area contributed by atoms with E-state index in [0.717, 1.165) is 22.4 Å². The van der Waals surface area contributed by atoms with Crippen LogP contribution in [0.3, 0.4) is 0 Å². The lowest BCUT2D eigenvalue weighted by molar-refractivity contribution is 0.842. The summed E-state index contributed by atoms with van der Waals surface area (Å²) in [5, 5.41) is 8.07. The first kappa shape index (κ1) is 13.0. The van der Waals surface area contributed by atoms with Crippen LogP contribution in [0.25, 0.3) is 0 Å². The maximum absolute atomic E-state index is 5.70. The minimum atomic E-state index is 0.466. The Morgan fingerprint density at radius 2 is 2.17 bits per heavy atom. The van der Waals surface area contributed by atoms with E-state index in [1.54, 1.807) is 6.20 Å². The van der Waals surface area contributed by atoms with Crippen molar-refractivity contribution >= 4 is 21.7 Å². The highest BCUT2D eigenvalue weighted by molar-refractivity contribution is 9.10. The van der Waals surface area contributed by atoms with Crippen molar-refractivity contribution in [3.05, 3.63) is 52.1 Å². The number of benzene rings is 1. The molecule has 0 saturated heterocycles. The van der Waals surface area contributed by atoms with E-state index in [-0.39, 0.29) is 0 Å². The molecule has 0 aliphatic heterocycles. The summed E-state index contributed by atoms with van der Waals surface area (Å²) in [5.41, 5.74) is 7.92. The molecule has 18 heavy (non-hydrogen) atoms. The highest BCUT2D eigenvalue weighted by atomic mass is 79.9. The molecular weight excluding hydrogens is 292 g/mol. The summed E-state index contributed by atoms with van der Waals surface area (Å²) in [4.78, 5) is 2.05. The van der Waals surface area contributed by atoms with Crippen LogP contribution in [0.15, 0.2) is 41.0 Å². The molecule has 0 amide bonds. The topological polar surface area (TPSA) is 55.0 Å². The molecule has 94 valence electrons. The lowest BCUT2D eigenvalue weighted by Crippen LogP contribution is -2.20.